The monoisotopic (exact) mass is 482 g/mol. The number of carboxylic acid groups (broad SMARTS) is 1. The van der Waals surface area contributed by atoms with Crippen LogP contribution in [0.4, 0.5) is 0 Å². The van der Waals surface area contributed by atoms with Crippen LogP contribution in [0.1, 0.15) is 38.1 Å². The van der Waals surface area contributed by atoms with Crippen molar-refractivity contribution in [3.05, 3.63) is 46.1 Å². The van der Waals surface area contributed by atoms with Crippen molar-refractivity contribution in [1.82, 2.24) is 9.44 Å². The fourth-order valence-corrected chi connectivity index (χ4v) is 5.94. The van der Waals surface area contributed by atoms with Crippen LogP contribution in [0.25, 0.3) is 21.9 Å². The third-order valence-electron chi connectivity index (χ3n) is 4.34. The Morgan fingerprint density at radius 1 is 0.906 bits per heavy atom. The molecule has 172 valence electrons. The van der Waals surface area contributed by atoms with Gasteiger partial charge in [-0.1, -0.05) is 0 Å². The molecule has 0 fully saturated rings. The summed E-state index contributed by atoms with van der Waals surface area (Å²) in [6.07, 6.45) is 0. The molecule has 32 heavy (non-hydrogen) atoms. The van der Waals surface area contributed by atoms with E-state index < -0.39 is 53.3 Å². The first-order chi connectivity index (χ1) is 14.7. The van der Waals surface area contributed by atoms with E-state index in [0.717, 1.165) is 18.2 Å². The van der Waals surface area contributed by atoms with E-state index in [2.05, 4.69) is 9.44 Å². The number of aromatic carboxylic acids is 1. The van der Waals surface area contributed by atoms with Gasteiger partial charge in [0.1, 0.15) is 10.5 Å². The van der Waals surface area contributed by atoms with Crippen LogP contribution in [-0.4, -0.2) is 40.0 Å². The number of hydrogen-bond donors (Lipinski definition) is 3. The fourth-order valence-electron chi connectivity index (χ4n) is 3.14. The van der Waals surface area contributed by atoms with Gasteiger partial charge in [-0.05, 0) is 58.0 Å². The zero-order chi connectivity index (χ0) is 24.0. The van der Waals surface area contributed by atoms with Crippen molar-refractivity contribution < 1.29 is 31.2 Å². The van der Waals surface area contributed by atoms with Crippen LogP contribution < -0.4 is 14.9 Å². The molecule has 0 spiro atoms. The van der Waals surface area contributed by atoms with Crippen LogP contribution in [0.2, 0.25) is 0 Å². The molecule has 3 N–H and O–H groups in total. The molecule has 3 aromatic rings. The first-order valence-electron chi connectivity index (χ1n) is 9.55. The second-order valence-corrected chi connectivity index (χ2v) is 11.2. The van der Waals surface area contributed by atoms with Gasteiger partial charge >= 0.3 is 5.97 Å². The number of nitrogens with one attached hydrogen (secondary N) is 2. The molecule has 0 aliphatic heterocycles. The molecule has 0 aliphatic rings. The Labute approximate surface area is 184 Å². The van der Waals surface area contributed by atoms with Crippen molar-refractivity contribution in [3.63, 3.8) is 0 Å². The van der Waals surface area contributed by atoms with Gasteiger partial charge in [0.05, 0.1) is 21.2 Å². The molecule has 0 atom stereocenters. The van der Waals surface area contributed by atoms with Gasteiger partial charge in [0.15, 0.2) is 5.58 Å². The lowest BCUT2D eigenvalue weighted by Crippen LogP contribution is -2.32. The fraction of sp³-hybridized carbons (Fsp3) is 0.300. The van der Waals surface area contributed by atoms with E-state index >= 15 is 0 Å². The highest BCUT2D eigenvalue weighted by Gasteiger charge is 2.27. The van der Waals surface area contributed by atoms with E-state index in [1.165, 1.54) is 12.1 Å². The van der Waals surface area contributed by atoms with Crippen LogP contribution >= 0.6 is 0 Å². The molecule has 0 saturated carbocycles. The Morgan fingerprint density at radius 2 is 1.50 bits per heavy atom. The maximum absolute atomic E-state index is 13.2. The molecule has 2 aromatic carbocycles. The minimum atomic E-state index is -4.27. The number of carboxylic acids is 1. The summed E-state index contributed by atoms with van der Waals surface area (Å²) in [6, 6.07) is 4.50. The maximum Gasteiger partial charge on any atom is 0.335 e. The van der Waals surface area contributed by atoms with Gasteiger partial charge in [-0.3, -0.25) is 4.79 Å². The molecule has 10 nitrogen and oxygen atoms in total. The second-order valence-electron chi connectivity index (χ2n) is 7.80. The predicted molar refractivity (Wildman–Crippen MR) is 118 cm³/mol. The molecule has 1 heterocycles. The van der Waals surface area contributed by atoms with Gasteiger partial charge in [0.2, 0.25) is 25.5 Å². The first kappa shape index (κ1) is 23.9. The molecule has 0 radical (unpaired) electrons. The van der Waals surface area contributed by atoms with Crippen LogP contribution in [-0.2, 0) is 20.0 Å². The summed E-state index contributed by atoms with van der Waals surface area (Å²) in [5, 5.41) is 8.78. The summed E-state index contributed by atoms with van der Waals surface area (Å²) in [6.45, 7) is 6.34. The maximum atomic E-state index is 13.2. The van der Waals surface area contributed by atoms with Crippen molar-refractivity contribution >= 4 is 48.0 Å². The van der Waals surface area contributed by atoms with Gasteiger partial charge in [0.25, 0.3) is 0 Å². The Balaban J connectivity index is 2.49. The summed E-state index contributed by atoms with van der Waals surface area (Å²) >= 11 is 0. The normalized spacial score (nSPS) is 12.8. The van der Waals surface area contributed by atoms with Crippen LogP contribution in [0.5, 0.6) is 0 Å². The van der Waals surface area contributed by atoms with Gasteiger partial charge in [0, 0.05) is 12.1 Å². The summed E-state index contributed by atoms with van der Waals surface area (Å²) in [5.41, 5.74) is -1.30. The third kappa shape index (κ3) is 4.53. The Bertz CT molecular complexity index is 1500. The SMILES string of the molecule is CC(C)NS(=O)(=O)c1cc(S(=O)(=O)NC(C)C)c2oc3ccc(C(=O)O)cc3c(=O)c2c1. The number of fused-ring (bicyclic) bond motifs is 2. The molecule has 3 rings (SSSR count). The second kappa shape index (κ2) is 8.28. The zero-order valence-electron chi connectivity index (χ0n) is 17.7. The summed E-state index contributed by atoms with van der Waals surface area (Å²) in [5.74, 6) is -1.27. The van der Waals surface area contributed by atoms with Gasteiger partial charge < -0.3 is 9.52 Å². The van der Waals surface area contributed by atoms with Gasteiger partial charge in [-0.2, -0.15) is 0 Å². The molecule has 0 saturated heterocycles. The number of hydrogen-bond acceptors (Lipinski definition) is 7. The van der Waals surface area contributed by atoms with Gasteiger partial charge in [-0.15, -0.1) is 0 Å². The molecular weight excluding hydrogens is 460 g/mol. The van der Waals surface area contributed by atoms with Crippen molar-refractivity contribution in [1.29, 1.82) is 0 Å². The quantitative estimate of drug-likeness (QED) is 0.431. The molecule has 0 unspecified atom stereocenters. The largest absolute Gasteiger partial charge is 0.478 e. The van der Waals surface area contributed by atoms with Crippen molar-refractivity contribution in [2.45, 2.75) is 49.6 Å². The predicted octanol–water partition coefficient (Wildman–Crippen LogP) is 2.02. The average molecular weight is 483 g/mol. The highest BCUT2D eigenvalue weighted by atomic mass is 32.2. The van der Waals surface area contributed by atoms with Crippen LogP contribution in [0.3, 0.4) is 0 Å². The highest BCUT2D eigenvalue weighted by molar-refractivity contribution is 7.90. The lowest BCUT2D eigenvalue weighted by Gasteiger charge is -2.15. The Kier molecular flexibility index (Phi) is 6.17. The summed E-state index contributed by atoms with van der Waals surface area (Å²) in [4.78, 5) is 23.5. The molecular formula is C20H22N2O8S2. The molecule has 0 bridgehead atoms. The van der Waals surface area contributed by atoms with E-state index in [0.29, 0.717) is 0 Å². The van der Waals surface area contributed by atoms with Crippen LogP contribution in [0, 0.1) is 0 Å². The Morgan fingerprint density at radius 3 is 2.06 bits per heavy atom. The van der Waals surface area contributed by atoms with E-state index in [1.54, 1.807) is 27.7 Å². The van der Waals surface area contributed by atoms with Crippen molar-refractivity contribution in [2.24, 2.45) is 0 Å². The van der Waals surface area contributed by atoms with E-state index in [4.69, 9.17) is 4.42 Å². The number of sulfonamides is 2. The Hall–Kier alpha value is -2.80. The third-order valence-corrected chi connectivity index (χ3v) is 7.64. The van der Waals surface area contributed by atoms with E-state index in [-0.39, 0.29) is 27.5 Å². The lowest BCUT2D eigenvalue weighted by atomic mass is 10.1. The molecule has 0 amide bonds. The smallest absolute Gasteiger partial charge is 0.335 e. The van der Waals surface area contributed by atoms with Crippen molar-refractivity contribution in [3.8, 4) is 0 Å². The number of carbonyl (C=O) groups is 1. The van der Waals surface area contributed by atoms with Crippen molar-refractivity contribution in [2.75, 3.05) is 0 Å². The molecule has 12 heteroatoms. The minimum Gasteiger partial charge on any atom is -0.478 e. The first-order valence-corrected chi connectivity index (χ1v) is 12.5. The zero-order valence-corrected chi connectivity index (χ0v) is 19.3. The summed E-state index contributed by atoms with van der Waals surface area (Å²) in [7, 11) is -8.44. The van der Waals surface area contributed by atoms with E-state index in [9.17, 15) is 31.5 Å². The lowest BCUT2D eigenvalue weighted by molar-refractivity contribution is 0.0697. The minimum absolute atomic E-state index is 0.0376. The highest BCUT2D eigenvalue weighted by Crippen LogP contribution is 2.29. The standard InChI is InChI=1S/C20H22N2O8S2/c1-10(2)21-31(26,27)13-8-15-18(23)14-7-12(20(24)25)5-6-16(14)30-19(15)17(9-13)32(28,29)22-11(3)4/h5-11,21-22H,1-4H3,(H,24,25). The van der Waals surface area contributed by atoms with Crippen LogP contribution in [0.15, 0.2) is 49.3 Å². The topological polar surface area (TPSA) is 160 Å². The number of benzene rings is 2. The summed E-state index contributed by atoms with van der Waals surface area (Å²) < 4.78 is 61.9. The average Bonchev–Trinajstić information content (AvgIpc) is 2.65. The van der Waals surface area contributed by atoms with Gasteiger partial charge in [-0.25, -0.2) is 31.1 Å². The molecule has 0 aliphatic carbocycles. The number of rotatable bonds is 7. The molecule has 1 aromatic heterocycles. The van der Waals surface area contributed by atoms with E-state index in [1.807, 2.05) is 0 Å².